The fourth-order valence-electron chi connectivity index (χ4n) is 1.47. The van der Waals surface area contributed by atoms with Crippen LogP contribution in [0, 0.1) is 0 Å². The number of hydrogen-bond donors (Lipinski definition) is 1. The van der Waals surface area contributed by atoms with Crippen molar-refractivity contribution in [1.29, 1.82) is 0 Å². The van der Waals surface area contributed by atoms with Gasteiger partial charge in [0.1, 0.15) is 5.75 Å². The van der Waals surface area contributed by atoms with Crippen molar-refractivity contribution in [2.24, 2.45) is 0 Å². The summed E-state index contributed by atoms with van der Waals surface area (Å²) >= 11 is 0. The van der Waals surface area contributed by atoms with E-state index in [1.807, 2.05) is 18.2 Å². The van der Waals surface area contributed by atoms with Crippen molar-refractivity contribution in [2.75, 3.05) is 6.79 Å². The van der Waals surface area contributed by atoms with Gasteiger partial charge in [0, 0.05) is 5.56 Å². The Bertz CT molecular complexity index is 339. The number of fused-ring (bicyclic) bond motifs is 1. The van der Waals surface area contributed by atoms with Gasteiger partial charge in [0.2, 0.25) is 0 Å². The maximum absolute atomic E-state index is 9.81. The SMILES string of the molecule is CC(C)(O)c1ccc2c(c1)COCO2. The van der Waals surface area contributed by atoms with Crippen molar-refractivity contribution in [3.63, 3.8) is 0 Å². The minimum absolute atomic E-state index is 0.314. The van der Waals surface area contributed by atoms with Crippen molar-refractivity contribution >= 4 is 0 Å². The van der Waals surface area contributed by atoms with Crippen LogP contribution in [-0.4, -0.2) is 11.9 Å². The fraction of sp³-hybridized carbons (Fsp3) is 0.455. The zero-order valence-electron chi connectivity index (χ0n) is 8.41. The minimum atomic E-state index is -0.813. The predicted octanol–water partition coefficient (Wildman–Crippen LogP) is 1.78. The number of benzene rings is 1. The second-order valence-electron chi connectivity index (χ2n) is 3.99. The number of aliphatic hydroxyl groups is 1. The molecule has 14 heavy (non-hydrogen) atoms. The molecule has 0 unspecified atom stereocenters. The molecule has 0 atom stereocenters. The summed E-state index contributed by atoms with van der Waals surface area (Å²) in [4.78, 5) is 0. The molecule has 76 valence electrons. The highest BCUT2D eigenvalue weighted by Gasteiger charge is 2.19. The molecule has 1 heterocycles. The van der Waals surface area contributed by atoms with Crippen LogP contribution in [0.3, 0.4) is 0 Å². The number of hydrogen-bond acceptors (Lipinski definition) is 3. The van der Waals surface area contributed by atoms with Crippen LogP contribution in [0.1, 0.15) is 25.0 Å². The summed E-state index contributed by atoms with van der Waals surface area (Å²) in [5, 5.41) is 9.81. The highest BCUT2D eigenvalue weighted by molar-refractivity contribution is 5.39. The molecule has 0 bridgehead atoms. The van der Waals surface area contributed by atoms with Gasteiger partial charge in [0.05, 0.1) is 12.2 Å². The molecule has 0 amide bonds. The lowest BCUT2D eigenvalue weighted by atomic mass is 9.96. The van der Waals surface area contributed by atoms with Crippen molar-refractivity contribution in [3.05, 3.63) is 29.3 Å². The zero-order chi connectivity index (χ0) is 10.2. The first kappa shape index (κ1) is 9.49. The molecular weight excluding hydrogens is 180 g/mol. The molecule has 0 aromatic heterocycles. The van der Waals surface area contributed by atoms with E-state index in [0.29, 0.717) is 13.4 Å². The molecule has 1 aromatic rings. The van der Waals surface area contributed by atoms with Gasteiger partial charge in [0.25, 0.3) is 0 Å². The lowest BCUT2D eigenvalue weighted by Crippen LogP contribution is -2.17. The van der Waals surface area contributed by atoms with Gasteiger partial charge in [-0.1, -0.05) is 6.07 Å². The fourth-order valence-corrected chi connectivity index (χ4v) is 1.47. The molecule has 0 spiro atoms. The third-order valence-electron chi connectivity index (χ3n) is 2.32. The first-order chi connectivity index (χ1) is 6.57. The summed E-state index contributed by atoms with van der Waals surface area (Å²) in [5.74, 6) is 0.851. The third-order valence-corrected chi connectivity index (χ3v) is 2.32. The van der Waals surface area contributed by atoms with Gasteiger partial charge in [-0.2, -0.15) is 0 Å². The zero-order valence-corrected chi connectivity index (χ0v) is 8.41. The standard InChI is InChI=1S/C11H14O3/c1-11(2,12)9-3-4-10-8(5-9)6-13-7-14-10/h3-5,12H,6-7H2,1-2H3. The van der Waals surface area contributed by atoms with Crippen molar-refractivity contribution in [2.45, 2.75) is 26.1 Å². The molecule has 1 aromatic carbocycles. The molecule has 0 radical (unpaired) electrons. The smallest absolute Gasteiger partial charge is 0.189 e. The van der Waals surface area contributed by atoms with Crippen LogP contribution in [0.2, 0.25) is 0 Å². The van der Waals surface area contributed by atoms with E-state index in [-0.39, 0.29) is 0 Å². The van der Waals surface area contributed by atoms with Gasteiger partial charge < -0.3 is 14.6 Å². The van der Waals surface area contributed by atoms with Crippen LogP contribution in [0.5, 0.6) is 5.75 Å². The third kappa shape index (κ3) is 1.74. The minimum Gasteiger partial charge on any atom is -0.467 e. The molecule has 0 saturated heterocycles. The Labute approximate surface area is 83.3 Å². The molecule has 0 fully saturated rings. The summed E-state index contributed by atoms with van der Waals surface area (Å²) < 4.78 is 10.4. The second kappa shape index (κ2) is 3.26. The van der Waals surface area contributed by atoms with E-state index >= 15 is 0 Å². The van der Waals surface area contributed by atoms with E-state index in [9.17, 15) is 5.11 Å². The van der Waals surface area contributed by atoms with Crippen LogP contribution >= 0.6 is 0 Å². The van der Waals surface area contributed by atoms with Crippen LogP contribution in [-0.2, 0) is 16.9 Å². The molecule has 0 aliphatic carbocycles. The summed E-state index contributed by atoms with van der Waals surface area (Å²) in [5.41, 5.74) is 1.06. The summed E-state index contributed by atoms with van der Waals surface area (Å²) in [6.45, 7) is 4.40. The van der Waals surface area contributed by atoms with Gasteiger partial charge in [-0.15, -0.1) is 0 Å². The Morgan fingerprint density at radius 2 is 2.14 bits per heavy atom. The molecule has 1 N–H and O–H groups in total. The Hall–Kier alpha value is -1.06. The molecule has 3 heteroatoms. The Morgan fingerprint density at radius 1 is 1.36 bits per heavy atom. The van der Waals surface area contributed by atoms with Crippen LogP contribution in [0.25, 0.3) is 0 Å². The monoisotopic (exact) mass is 194 g/mol. The maximum Gasteiger partial charge on any atom is 0.189 e. The predicted molar refractivity (Wildman–Crippen MR) is 52.0 cm³/mol. The molecule has 1 aliphatic rings. The van der Waals surface area contributed by atoms with Gasteiger partial charge >= 0.3 is 0 Å². The molecule has 0 saturated carbocycles. The highest BCUT2D eigenvalue weighted by atomic mass is 16.7. The molecule has 1 aliphatic heterocycles. The topological polar surface area (TPSA) is 38.7 Å². The van der Waals surface area contributed by atoms with Crippen molar-refractivity contribution in [1.82, 2.24) is 0 Å². The molecule has 3 nitrogen and oxygen atoms in total. The van der Waals surface area contributed by atoms with E-state index in [2.05, 4.69) is 0 Å². The van der Waals surface area contributed by atoms with E-state index in [1.54, 1.807) is 13.8 Å². The van der Waals surface area contributed by atoms with E-state index in [1.165, 1.54) is 0 Å². The number of ether oxygens (including phenoxy) is 2. The van der Waals surface area contributed by atoms with Gasteiger partial charge in [-0.05, 0) is 31.5 Å². The van der Waals surface area contributed by atoms with E-state index in [0.717, 1.165) is 16.9 Å². The lowest BCUT2D eigenvalue weighted by Gasteiger charge is -2.22. The Kier molecular flexibility index (Phi) is 2.21. The highest BCUT2D eigenvalue weighted by Crippen LogP contribution is 2.28. The summed E-state index contributed by atoms with van der Waals surface area (Å²) in [7, 11) is 0. The second-order valence-corrected chi connectivity index (χ2v) is 3.99. The average molecular weight is 194 g/mol. The van der Waals surface area contributed by atoms with Gasteiger partial charge in [-0.25, -0.2) is 0 Å². The molecular formula is C11H14O3. The Balaban J connectivity index is 2.39. The maximum atomic E-state index is 9.81. The summed E-state index contributed by atoms with van der Waals surface area (Å²) in [6.07, 6.45) is 0. The quantitative estimate of drug-likeness (QED) is 0.740. The van der Waals surface area contributed by atoms with Crippen LogP contribution < -0.4 is 4.74 Å². The average Bonchev–Trinajstić information content (AvgIpc) is 2.16. The largest absolute Gasteiger partial charge is 0.467 e. The normalized spacial score (nSPS) is 15.9. The number of rotatable bonds is 1. The van der Waals surface area contributed by atoms with E-state index < -0.39 is 5.60 Å². The Morgan fingerprint density at radius 3 is 2.86 bits per heavy atom. The van der Waals surface area contributed by atoms with E-state index in [4.69, 9.17) is 9.47 Å². The summed E-state index contributed by atoms with van der Waals surface area (Å²) in [6, 6.07) is 5.68. The van der Waals surface area contributed by atoms with Crippen LogP contribution in [0.4, 0.5) is 0 Å². The van der Waals surface area contributed by atoms with Crippen LogP contribution in [0.15, 0.2) is 18.2 Å². The first-order valence-electron chi connectivity index (χ1n) is 4.64. The van der Waals surface area contributed by atoms with Crippen molar-refractivity contribution in [3.8, 4) is 5.75 Å². The van der Waals surface area contributed by atoms with Gasteiger partial charge in [0.15, 0.2) is 6.79 Å². The lowest BCUT2D eigenvalue weighted by molar-refractivity contribution is -0.0167. The molecule has 2 rings (SSSR count). The first-order valence-corrected chi connectivity index (χ1v) is 4.64. The van der Waals surface area contributed by atoms with Gasteiger partial charge in [-0.3, -0.25) is 0 Å². The van der Waals surface area contributed by atoms with Crippen molar-refractivity contribution < 1.29 is 14.6 Å².